The molecule has 1 aliphatic carbocycles. The molecule has 0 amide bonds. The first kappa shape index (κ1) is 19.8. The number of hydrogen-bond donors (Lipinski definition) is 0. The minimum Gasteiger partial charge on any atom is -0.294 e. The predicted molar refractivity (Wildman–Crippen MR) is 151 cm³/mol. The van der Waals surface area contributed by atoms with Crippen molar-refractivity contribution >= 4 is 43.4 Å². The Morgan fingerprint density at radius 3 is 2.08 bits per heavy atom. The molecule has 0 spiro atoms. The van der Waals surface area contributed by atoms with Gasteiger partial charge < -0.3 is 0 Å². The summed E-state index contributed by atoms with van der Waals surface area (Å²) in [6.45, 7) is 4.73. The van der Waals surface area contributed by atoms with E-state index in [1.165, 1.54) is 60.2 Å². The summed E-state index contributed by atoms with van der Waals surface area (Å²) in [7, 11) is 0. The molecule has 0 fully saturated rings. The summed E-state index contributed by atoms with van der Waals surface area (Å²) in [6.07, 6.45) is 1.99. The van der Waals surface area contributed by atoms with E-state index in [1.807, 2.05) is 6.20 Å². The first-order chi connectivity index (χ1) is 17.6. The molecule has 170 valence electrons. The van der Waals surface area contributed by atoms with E-state index in [2.05, 4.69) is 122 Å². The van der Waals surface area contributed by atoms with Crippen LogP contribution in [0.3, 0.4) is 0 Å². The van der Waals surface area contributed by atoms with Crippen molar-refractivity contribution in [2.45, 2.75) is 19.3 Å². The number of fused-ring (bicyclic) bond motifs is 9. The Kier molecular flexibility index (Phi) is 3.76. The van der Waals surface area contributed by atoms with Crippen LogP contribution in [0.5, 0.6) is 0 Å². The largest absolute Gasteiger partial charge is 0.294 e. The monoisotopic (exact) mass is 460 g/mol. The van der Waals surface area contributed by atoms with E-state index in [-0.39, 0.29) is 5.41 Å². The Labute approximate surface area is 209 Å². The molecule has 0 bridgehead atoms. The number of para-hydroxylation sites is 1. The van der Waals surface area contributed by atoms with Gasteiger partial charge >= 0.3 is 0 Å². The molecule has 0 N–H and O–H groups in total. The summed E-state index contributed by atoms with van der Waals surface area (Å²) >= 11 is 0. The highest BCUT2D eigenvalue weighted by Crippen LogP contribution is 2.54. The van der Waals surface area contributed by atoms with Gasteiger partial charge in [-0.1, -0.05) is 86.6 Å². The fraction of sp³-hybridized carbons (Fsp3) is 0.0882. The van der Waals surface area contributed by atoms with Crippen LogP contribution in [0.15, 0.2) is 109 Å². The molecule has 0 saturated heterocycles. The molecule has 7 aromatic rings. The molecule has 0 unspecified atom stereocenters. The molecule has 2 aromatic heterocycles. The van der Waals surface area contributed by atoms with Crippen molar-refractivity contribution < 1.29 is 0 Å². The third-order valence-corrected chi connectivity index (χ3v) is 8.19. The first-order valence-electron chi connectivity index (χ1n) is 12.6. The van der Waals surface area contributed by atoms with Crippen LogP contribution >= 0.6 is 0 Å². The number of pyridine rings is 1. The minimum absolute atomic E-state index is 0.0622. The van der Waals surface area contributed by atoms with Crippen LogP contribution in [0.1, 0.15) is 25.0 Å². The van der Waals surface area contributed by atoms with Crippen molar-refractivity contribution in [3.05, 3.63) is 120 Å². The molecule has 2 heteroatoms. The predicted octanol–water partition coefficient (Wildman–Crippen LogP) is 8.79. The third-order valence-electron chi connectivity index (χ3n) is 8.19. The van der Waals surface area contributed by atoms with Gasteiger partial charge in [-0.2, -0.15) is 0 Å². The van der Waals surface area contributed by atoms with Crippen molar-refractivity contribution in [3.8, 4) is 16.9 Å². The van der Waals surface area contributed by atoms with Crippen molar-refractivity contribution in [3.63, 3.8) is 0 Å². The van der Waals surface area contributed by atoms with Crippen molar-refractivity contribution in [1.29, 1.82) is 0 Å². The quantitative estimate of drug-likeness (QED) is 0.239. The van der Waals surface area contributed by atoms with Gasteiger partial charge in [-0.25, -0.2) is 4.98 Å². The van der Waals surface area contributed by atoms with Gasteiger partial charge in [-0.3, -0.25) is 4.57 Å². The Morgan fingerprint density at radius 2 is 1.28 bits per heavy atom. The Morgan fingerprint density at radius 1 is 0.611 bits per heavy atom. The molecule has 1 aliphatic rings. The Bertz CT molecular complexity index is 2020. The molecular weight excluding hydrogens is 436 g/mol. The fourth-order valence-corrected chi connectivity index (χ4v) is 6.41. The van der Waals surface area contributed by atoms with Crippen LogP contribution < -0.4 is 0 Å². The van der Waals surface area contributed by atoms with Crippen molar-refractivity contribution in [1.82, 2.24) is 9.55 Å². The maximum absolute atomic E-state index is 4.92. The Balaban J connectivity index is 1.53. The van der Waals surface area contributed by atoms with E-state index >= 15 is 0 Å². The molecule has 0 radical (unpaired) electrons. The van der Waals surface area contributed by atoms with Crippen LogP contribution in [-0.4, -0.2) is 9.55 Å². The van der Waals surface area contributed by atoms with E-state index in [0.717, 1.165) is 11.2 Å². The summed E-state index contributed by atoms with van der Waals surface area (Å²) in [6, 6.07) is 37.6. The highest BCUT2D eigenvalue weighted by molar-refractivity contribution is 6.18. The van der Waals surface area contributed by atoms with E-state index in [1.54, 1.807) is 0 Å². The number of rotatable bonds is 1. The number of nitrogens with zero attached hydrogens (tertiary/aromatic N) is 2. The standard InChI is InChI=1S/C34H24N2/c1-34(2)27-15-16-30-33(32(27)26-17-21-9-3-4-10-22(21)18-28(26)34)25-13-7-8-14-29(25)36(30)31-19-23-11-5-6-12-24(23)20-35-31/h3-20H,1-2H3. The molecule has 2 nitrogen and oxygen atoms in total. The molecule has 36 heavy (non-hydrogen) atoms. The lowest BCUT2D eigenvalue weighted by atomic mass is 9.81. The average molecular weight is 461 g/mol. The first-order valence-corrected chi connectivity index (χ1v) is 12.6. The van der Waals surface area contributed by atoms with Crippen molar-refractivity contribution in [2.75, 3.05) is 0 Å². The molecule has 0 atom stereocenters. The normalized spacial score (nSPS) is 14.1. The second kappa shape index (κ2) is 6.83. The number of hydrogen-bond acceptors (Lipinski definition) is 1. The van der Waals surface area contributed by atoms with Crippen molar-refractivity contribution in [2.24, 2.45) is 0 Å². The molecule has 8 rings (SSSR count). The van der Waals surface area contributed by atoms with Gasteiger partial charge in [0.05, 0.1) is 11.0 Å². The van der Waals surface area contributed by atoms with E-state index in [9.17, 15) is 0 Å². The fourth-order valence-electron chi connectivity index (χ4n) is 6.41. The molecule has 0 aliphatic heterocycles. The molecule has 0 saturated carbocycles. The SMILES string of the molecule is CC1(C)c2cc3ccccc3cc2-c2c1ccc1c2c2ccccc2n1-c1cc2ccccc2cn1. The lowest BCUT2D eigenvalue weighted by Crippen LogP contribution is -2.14. The van der Waals surface area contributed by atoms with Gasteiger partial charge in [0, 0.05) is 27.8 Å². The summed E-state index contributed by atoms with van der Waals surface area (Å²) in [5, 5.41) is 7.54. The van der Waals surface area contributed by atoms with E-state index in [4.69, 9.17) is 4.98 Å². The molecule has 2 heterocycles. The zero-order valence-corrected chi connectivity index (χ0v) is 20.3. The zero-order chi connectivity index (χ0) is 24.0. The van der Waals surface area contributed by atoms with Crippen LogP contribution in [0.25, 0.3) is 60.3 Å². The van der Waals surface area contributed by atoms with E-state index in [0.29, 0.717) is 0 Å². The van der Waals surface area contributed by atoms with Gasteiger partial charge in [0.15, 0.2) is 0 Å². The number of benzene rings is 5. The summed E-state index contributed by atoms with van der Waals surface area (Å²) in [4.78, 5) is 4.92. The van der Waals surface area contributed by atoms with Gasteiger partial charge in [0.2, 0.25) is 0 Å². The van der Waals surface area contributed by atoms with Gasteiger partial charge in [0.25, 0.3) is 0 Å². The Hall–Kier alpha value is -4.43. The van der Waals surface area contributed by atoms with E-state index < -0.39 is 0 Å². The van der Waals surface area contributed by atoms with Crippen LogP contribution in [0.4, 0.5) is 0 Å². The summed E-state index contributed by atoms with van der Waals surface area (Å²) < 4.78 is 2.34. The topological polar surface area (TPSA) is 17.8 Å². The summed E-state index contributed by atoms with van der Waals surface area (Å²) in [5.74, 6) is 0.954. The van der Waals surface area contributed by atoms with Gasteiger partial charge in [0.1, 0.15) is 5.82 Å². The number of aromatic nitrogens is 2. The average Bonchev–Trinajstić information content (AvgIpc) is 3.36. The van der Waals surface area contributed by atoms with Crippen LogP contribution in [0, 0.1) is 0 Å². The minimum atomic E-state index is -0.0622. The maximum atomic E-state index is 4.92. The second-order valence-electron chi connectivity index (χ2n) is 10.5. The highest BCUT2D eigenvalue weighted by Gasteiger charge is 2.37. The zero-order valence-electron chi connectivity index (χ0n) is 20.3. The molecular formula is C34H24N2. The maximum Gasteiger partial charge on any atom is 0.138 e. The van der Waals surface area contributed by atoms with Gasteiger partial charge in [-0.05, 0) is 68.7 Å². The lowest BCUT2D eigenvalue weighted by Gasteiger charge is -2.21. The van der Waals surface area contributed by atoms with Crippen LogP contribution in [-0.2, 0) is 5.41 Å². The van der Waals surface area contributed by atoms with Gasteiger partial charge in [-0.15, -0.1) is 0 Å². The smallest absolute Gasteiger partial charge is 0.138 e. The highest BCUT2D eigenvalue weighted by atomic mass is 15.1. The van der Waals surface area contributed by atoms with Crippen LogP contribution in [0.2, 0.25) is 0 Å². The second-order valence-corrected chi connectivity index (χ2v) is 10.5. The molecule has 5 aromatic carbocycles. The third kappa shape index (κ3) is 2.48. The lowest BCUT2D eigenvalue weighted by molar-refractivity contribution is 0.661. The summed E-state index contributed by atoms with van der Waals surface area (Å²) in [5.41, 5.74) is 7.86.